The van der Waals surface area contributed by atoms with Crippen molar-refractivity contribution in [1.82, 2.24) is 4.72 Å². The predicted octanol–water partition coefficient (Wildman–Crippen LogP) is 3.27. The van der Waals surface area contributed by atoms with Crippen molar-refractivity contribution in [2.45, 2.75) is 51.0 Å². The number of sulfonamides is 1. The van der Waals surface area contributed by atoms with Gasteiger partial charge in [0.1, 0.15) is 0 Å². The highest BCUT2D eigenvalue weighted by atomic mass is 32.2. The van der Waals surface area contributed by atoms with Crippen LogP contribution in [0, 0.1) is 20.8 Å². The van der Waals surface area contributed by atoms with Gasteiger partial charge in [0.05, 0.1) is 10.5 Å². The number of aliphatic hydroxyl groups is 1. The Balaban J connectivity index is 2.06. The minimum atomic E-state index is -3.66. The molecule has 0 fully saturated rings. The average molecular weight is 362 g/mol. The molecule has 136 valence electrons. The molecule has 1 atom stereocenters. The first-order chi connectivity index (χ1) is 11.6. The molecule has 2 aromatic carbocycles. The maximum Gasteiger partial charge on any atom is 0.241 e. The first kappa shape index (κ1) is 19.6. The molecule has 0 spiro atoms. The molecule has 0 heterocycles. The van der Waals surface area contributed by atoms with Gasteiger partial charge in [0.25, 0.3) is 0 Å². The topological polar surface area (TPSA) is 66.4 Å². The van der Waals surface area contributed by atoms with E-state index in [-0.39, 0.29) is 6.54 Å². The summed E-state index contributed by atoms with van der Waals surface area (Å²) in [7, 11) is -3.66. The van der Waals surface area contributed by atoms with Crippen molar-refractivity contribution in [2.24, 2.45) is 0 Å². The second-order valence-electron chi connectivity index (χ2n) is 7.03. The largest absolute Gasteiger partial charge is 0.389 e. The minimum Gasteiger partial charge on any atom is -0.389 e. The summed E-state index contributed by atoms with van der Waals surface area (Å²) in [6, 6.07) is 13.6. The summed E-state index contributed by atoms with van der Waals surface area (Å²) in [6.45, 7) is 7.17. The maximum absolute atomic E-state index is 12.7. The Kier molecular flexibility index (Phi) is 6.03. The van der Waals surface area contributed by atoms with Crippen molar-refractivity contribution in [2.75, 3.05) is 6.54 Å². The molecule has 25 heavy (non-hydrogen) atoms. The van der Waals surface area contributed by atoms with Gasteiger partial charge in [0.15, 0.2) is 0 Å². The molecule has 0 amide bonds. The fraction of sp³-hybridized carbons (Fsp3) is 0.400. The number of rotatable bonds is 7. The maximum atomic E-state index is 12.7. The third-order valence-corrected chi connectivity index (χ3v) is 6.02. The van der Waals surface area contributed by atoms with Gasteiger partial charge in [-0.15, -0.1) is 0 Å². The summed E-state index contributed by atoms with van der Waals surface area (Å²) < 4.78 is 27.9. The van der Waals surface area contributed by atoms with Crippen molar-refractivity contribution in [3.63, 3.8) is 0 Å². The van der Waals surface area contributed by atoms with Crippen LogP contribution in [0.1, 0.15) is 35.6 Å². The van der Waals surface area contributed by atoms with Gasteiger partial charge in [0.2, 0.25) is 10.0 Å². The van der Waals surface area contributed by atoms with Gasteiger partial charge in [-0.05, 0) is 57.2 Å². The highest BCUT2D eigenvalue weighted by Crippen LogP contribution is 2.22. The fourth-order valence-corrected chi connectivity index (χ4v) is 4.67. The van der Waals surface area contributed by atoms with Crippen molar-refractivity contribution in [1.29, 1.82) is 0 Å². The van der Waals surface area contributed by atoms with E-state index in [2.05, 4.69) is 4.72 Å². The van der Waals surface area contributed by atoms with E-state index < -0.39 is 15.6 Å². The monoisotopic (exact) mass is 361 g/mol. The number of hydrogen-bond donors (Lipinski definition) is 2. The standard InChI is InChI=1S/C20H27NO3S/c1-15-12-16(2)19(17(3)13-15)25(23,24)21-14-20(4,22)11-10-18-8-6-5-7-9-18/h5-9,12-13,21-22H,10-11,14H2,1-4H3/t20-/m0/s1. The lowest BCUT2D eigenvalue weighted by molar-refractivity contribution is 0.0565. The van der Waals surface area contributed by atoms with Gasteiger partial charge in [-0.1, -0.05) is 48.0 Å². The van der Waals surface area contributed by atoms with Crippen molar-refractivity contribution < 1.29 is 13.5 Å². The van der Waals surface area contributed by atoms with E-state index >= 15 is 0 Å². The molecule has 0 aromatic heterocycles. The highest BCUT2D eigenvalue weighted by Gasteiger charge is 2.26. The molecule has 0 unspecified atom stereocenters. The predicted molar refractivity (Wildman–Crippen MR) is 101 cm³/mol. The lowest BCUT2D eigenvalue weighted by Crippen LogP contribution is -2.41. The second-order valence-corrected chi connectivity index (χ2v) is 8.74. The van der Waals surface area contributed by atoms with Crippen LogP contribution in [0.3, 0.4) is 0 Å². The van der Waals surface area contributed by atoms with E-state index in [1.54, 1.807) is 20.8 Å². The molecule has 2 N–H and O–H groups in total. The van der Waals surface area contributed by atoms with Crippen LogP contribution in [0.25, 0.3) is 0 Å². The normalized spacial score (nSPS) is 14.3. The Morgan fingerprint density at radius 1 is 1.04 bits per heavy atom. The summed E-state index contributed by atoms with van der Waals surface area (Å²) in [6.07, 6.45) is 1.17. The van der Waals surface area contributed by atoms with Crippen LogP contribution in [-0.2, 0) is 16.4 Å². The summed E-state index contributed by atoms with van der Waals surface area (Å²) in [5, 5.41) is 10.5. The molecule has 4 nitrogen and oxygen atoms in total. The van der Waals surface area contributed by atoms with Crippen LogP contribution in [0.5, 0.6) is 0 Å². The summed E-state index contributed by atoms with van der Waals surface area (Å²) in [5.41, 5.74) is 2.47. The van der Waals surface area contributed by atoms with Crippen LogP contribution in [0.15, 0.2) is 47.4 Å². The number of benzene rings is 2. The molecule has 0 radical (unpaired) electrons. The third kappa shape index (κ3) is 5.39. The van der Waals surface area contributed by atoms with Gasteiger partial charge in [-0.25, -0.2) is 13.1 Å². The third-order valence-electron chi connectivity index (χ3n) is 4.31. The number of aryl methyl sites for hydroxylation is 4. The molecule has 0 bridgehead atoms. The first-order valence-electron chi connectivity index (χ1n) is 8.44. The molecule has 0 aliphatic heterocycles. The summed E-state index contributed by atoms with van der Waals surface area (Å²) in [4.78, 5) is 0.303. The summed E-state index contributed by atoms with van der Waals surface area (Å²) in [5.74, 6) is 0. The Morgan fingerprint density at radius 3 is 2.16 bits per heavy atom. The van der Waals surface area contributed by atoms with E-state index in [9.17, 15) is 13.5 Å². The zero-order valence-corrected chi connectivity index (χ0v) is 16.2. The van der Waals surface area contributed by atoms with Gasteiger partial charge in [-0.2, -0.15) is 0 Å². The quantitative estimate of drug-likeness (QED) is 0.795. The first-order valence-corrected chi connectivity index (χ1v) is 9.93. The molecule has 0 aliphatic rings. The Bertz CT molecular complexity index is 804. The fourth-order valence-electron chi connectivity index (χ4n) is 3.06. The smallest absolute Gasteiger partial charge is 0.241 e. The average Bonchev–Trinajstić information content (AvgIpc) is 2.51. The van der Waals surface area contributed by atoms with E-state index in [0.29, 0.717) is 28.9 Å². The SMILES string of the molecule is Cc1cc(C)c(S(=O)(=O)NC[C@@](C)(O)CCc2ccccc2)c(C)c1. The molecule has 5 heteroatoms. The van der Waals surface area contributed by atoms with Crippen LogP contribution in [0.4, 0.5) is 0 Å². The van der Waals surface area contributed by atoms with Gasteiger partial charge >= 0.3 is 0 Å². The zero-order valence-electron chi connectivity index (χ0n) is 15.3. The minimum absolute atomic E-state index is 0.0189. The van der Waals surface area contributed by atoms with Gasteiger partial charge < -0.3 is 5.11 Å². The molecular formula is C20H27NO3S. The number of nitrogens with one attached hydrogen (secondary N) is 1. The van der Waals surface area contributed by atoms with E-state index in [1.165, 1.54) is 0 Å². The van der Waals surface area contributed by atoms with Crippen LogP contribution in [-0.4, -0.2) is 25.7 Å². The zero-order chi connectivity index (χ0) is 18.7. The molecule has 2 rings (SSSR count). The second kappa shape index (κ2) is 7.68. The van der Waals surface area contributed by atoms with Gasteiger partial charge in [-0.3, -0.25) is 0 Å². The van der Waals surface area contributed by atoms with E-state index in [1.807, 2.05) is 49.4 Å². The van der Waals surface area contributed by atoms with Crippen LogP contribution >= 0.6 is 0 Å². The highest BCUT2D eigenvalue weighted by molar-refractivity contribution is 7.89. The molecule has 0 saturated heterocycles. The lowest BCUT2D eigenvalue weighted by Gasteiger charge is -2.24. The van der Waals surface area contributed by atoms with E-state index in [0.717, 1.165) is 11.1 Å². The van der Waals surface area contributed by atoms with Crippen LogP contribution in [0.2, 0.25) is 0 Å². The Morgan fingerprint density at radius 2 is 1.60 bits per heavy atom. The molecule has 2 aromatic rings. The molecule has 0 saturated carbocycles. The van der Waals surface area contributed by atoms with Crippen molar-refractivity contribution in [3.8, 4) is 0 Å². The molecular weight excluding hydrogens is 334 g/mol. The van der Waals surface area contributed by atoms with Crippen LogP contribution < -0.4 is 4.72 Å². The summed E-state index contributed by atoms with van der Waals surface area (Å²) >= 11 is 0. The van der Waals surface area contributed by atoms with Crippen molar-refractivity contribution in [3.05, 3.63) is 64.7 Å². The van der Waals surface area contributed by atoms with Gasteiger partial charge in [0, 0.05) is 6.54 Å². The van der Waals surface area contributed by atoms with E-state index in [4.69, 9.17) is 0 Å². The Labute approximate surface area is 151 Å². The number of hydrogen-bond acceptors (Lipinski definition) is 3. The van der Waals surface area contributed by atoms with Crippen molar-refractivity contribution >= 4 is 10.0 Å². The Hall–Kier alpha value is -1.69. The lowest BCUT2D eigenvalue weighted by atomic mass is 9.97. The molecule has 0 aliphatic carbocycles.